The summed E-state index contributed by atoms with van der Waals surface area (Å²) in [6, 6.07) is 11.5. The quantitative estimate of drug-likeness (QED) is 0.322. The predicted octanol–water partition coefficient (Wildman–Crippen LogP) is 8.37. The van der Waals surface area contributed by atoms with Gasteiger partial charge in [0.05, 0.1) is 0 Å². The van der Waals surface area contributed by atoms with Crippen molar-refractivity contribution in [3.8, 4) is 0 Å². The molecule has 0 saturated heterocycles. The molecule has 0 spiro atoms. The van der Waals surface area contributed by atoms with Gasteiger partial charge in [0.15, 0.2) is 0 Å². The second-order valence-corrected chi connectivity index (χ2v) is 8.90. The lowest BCUT2D eigenvalue weighted by Gasteiger charge is -2.26. The number of hydrogen-bond acceptors (Lipinski definition) is 1. The van der Waals surface area contributed by atoms with Gasteiger partial charge in [-0.15, -0.1) is 0 Å². The summed E-state index contributed by atoms with van der Waals surface area (Å²) in [5.74, 6) is 0.391. The van der Waals surface area contributed by atoms with E-state index in [4.69, 9.17) is 0 Å². The van der Waals surface area contributed by atoms with E-state index in [9.17, 15) is 4.39 Å². The van der Waals surface area contributed by atoms with Crippen LogP contribution in [-0.2, 0) is 6.42 Å². The highest BCUT2D eigenvalue weighted by molar-refractivity contribution is 5.82. The highest BCUT2D eigenvalue weighted by Crippen LogP contribution is 2.32. The summed E-state index contributed by atoms with van der Waals surface area (Å²) in [6.45, 7) is 20.5. The standard InChI is InChI=1S/C30H40FN/c1-9-21(4)28(11-3)30-20-29(22(5)18-23(30)6)24(7)32(8)17-16-25(10-2)19-26-12-14-27(31)15-13-26/h11-15,18,20,25H,4,7,9-10,16-17,19H2,1-3,5-6,8H3/b28-11-. The van der Waals surface area contributed by atoms with Gasteiger partial charge in [0.2, 0.25) is 0 Å². The average molecular weight is 434 g/mol. The predicted molar refractivity (Wildman–Crippen MR) is 139 cm³/mol. The summed E-state index contributed by atoms with van der Waals surface area (Å²) in [6.07, 6.45) is 6.27. The zero-order chi connectivity index (χ0) is 23.8. The largest absolute Gasteiger partial charge is 0.375 e. The number of halogens is 1. The number of nitrogens with zero attached hydrogens (tertiary/aromatic N) is 1. The molecule has 1 atom stereocenters. The minimum atomic E-state index is -0.172. The maximum atomic E-state index is 13.2. The fourth-order valence-corrected chi connectivity index (χ4v) is 4.32. The van der Waals surface area contributed by atoms with Crippen molar-refractivity contribution in [3.63, 3.8) is 0 Å². The first-order chi connectivity index (χ1) is 15.2. The second-order valence-electron chi connectivity index (χ2n) is 8.90. The third-order valence-electron chi connectivity index (χ3n) is 6.62. The van der Waals surface area contributed by atoms with Crippen molar-refractivity contribution in [2.24, 2.45) is 5.92 Å². The van der Waals surface area contributed by atoms with Crippen molar-refractivity contribution in [2.75, 3.05) is 13.6 Å². The number of hydrogen-bond donors (Lipinski definition) is 0. The molecule has 0 bridgehead atoms. The molecule has 1 unspecified atom stereocenters. The van der Waals surface area contributed by atoms with E-state index >= 15 is 0 Å². The highest BCUT2D eigenvalue weighted by Gasteiger charge is 2.15. The lowest BCUT2D eigenvalue weighted by atomic mass is 9.89. The maximum absolute atomic E-state index is 13.2. The summed E-state index contributed by atoms with van der Waals surface area (Å²) < 4.78 is 13.2. The molecule has 2 rings (SSSR count). The Balaban J connectivity index is 2.14. The van der Waals surface area contributed by atoms with Crippen molar-refractivity contribution in [1.29, 1.82) is 0 Å². The Morgan fingerprint density at radius 3 is 2.22 bits per heavy atom. The number of aryl methyl sites for hydroxylation is 2. The van der Waals surface area contributed by atoms with Gasteiger partial charge in [-0.25, -0.2) is 4.39 Å². The van der Waals surface area contributed by atoms with E-state index in [1.165, 1.54) is 33.4 Å². The zero-order valence-electron chi connectivity index (χ0n) is 20.9. The normalized spacial score (nSPS) is 12.5. The van der Waals surface area contributed by atoms with Crippen molar-refractivity contribution in [3.05, 3.63) is 94.8 Å². The highest BCUT2D eigenvalue weighted by atomic mass is 19.1. The molecule has 2 aromatic rings. The van der Waals surface area contributed by atoms with Crippen LogP contribution in [0.15, 0.2) is 61.2 Å². The van der Waals surface area contributed by atoms with E-state index < -0.39 is 0 Å². The van der Waals surface area contributed by atoms with Gasteiger partial charge in [0.1, 0.15) is 5.82 Å². The molecule has 0 amide bonds. The SMILES string of the molecule is C=C(CC)/C(=C/C)c1cc(C(=C)N(C)CCC(CC)Cc2ccc(F)cc2)c(C)cc1C. The molecule has 0 radical (unpaired) electrons. The molecule has 0 heterocycles. The van der Waals surface area contributed by atoms with Crippen LogP contribution in [0.1, 0.15) is 67.9 Å². The van der Waals surface area contributed by atoms with Crippen LogP contribution in [0.3, 0.4) is 0 Å². The average Bonchev–Trinajstić information content (AvgIpc) is 2.78. The Hall–Kier alpha value is -2.61. The third kappa shape index (κ3) is 6.45. The molecule has 2 aromatic carbocycles. The van der Waals surface area contributed by atoms with Crippen molar-refractivity contribution < 1.29 is 4.39 Å². The van der Waals surface area contributed by atoms with E-state index in [0.29, 0.717) is 5.92 Å². The molecule has 0 aliphatic carbocycles. The molecule has 0 fully saturated rings. The van der Waals surface area contributed by atoms with E-state index in [2.05, 4.69) is 77.9 Å². The van der Waals surface area contributed by atoms with Crippen LogP contribution < -0.4 is 0 Å². The second kappa shape index (κ2) is 11.9. The smallest absolute Gasteiger partial charge is 0.123 e. The van der Waals surface area contributed by atoms with Crippen LogP contribution in [-0.4, -0.2) is 18.5 Å². The Labute approximate surface area is 195 Å². The first-order valence-corrected chi connectivity index (χ1v) is 11.8. The Bertz CT molecular complexity index is 965. The number of benzene rings is 2. The van der Waals surface area contributed by atoms with Crippen LogP contribution in [0.5, 0.6) is 0 Å². The van der Waals surface area contributed by atoms with Gasteiger partial charge >= 0.3 is 0 Å². The Kier molecular flexibility index (Phi) is 9.50. The fourth-order valence-electron chi connectivity index (χ4n) is 4.32. The molecule has 0 N–H and O–H groups in total. The summed E-state index contributed by atoms with van der Waals surface area (Å²) >= 11 is 0. The number of allylic oxidation sites excluding steroid dienone is 3. The molecule has 0 aliphatic heterocycles. The summed E-state index contributed by atoms with van der Waals surface area (Å²) in [5.41, 5.74) is 9.61. The monoisotopic (exact) mass is 433 g/mol. The molecule has 172 valence electrons. The van der Waals surface area contributed by atoms with E-state index in [0.717, 1.165) is 43.5 Å². The minimum absolute atomic E-state index is 0.172. The fraction of sp³-hybridized carbons (Fsp3) is 0.400. The molecule has 0 saturated carbocycles. The molecule has 2 heteroatoms. The van der Waals surface area contributed by atoms with Crippen molar-refractivity contribution in [1.82, 2.24) is 4.90 Å². The zero-order valence-corrected chi connectivity index (χ0v) is 20.9. The molecular formula is C30H40FN. The first-order valence-electron chi connectivity index (χ1n) is 11.8. The minimum Gasteiger partial charge on any atom is -0.375 e. The summed E-state index contributed by atoms with van der Waals surface area (Å²) in [7, 11) is 2.13. The van der Waals surface area contributed by atoms with Crippen LogP contribution in [0.2, 0.25) is 0 Å². The summed E-state index contributed by atoms with van der Waals surface area (Å²) in [4.78, 5) is 2.28. The van der Waals surface area contributed by atoms with Gasteiger partial charge in [0, 0.05) is 24.9 Å². The third-order valence-corrected chi connectivity index (χ3v) is 6.62. The summed E-state index contributed by atoms with van der Waals surface area (Å²) in [5, 5.41) is 0. The lowest BCUT2D eigenvalue weighted by molar-refractivity contribution is 0.380. The Morgan fingerprint density at radius 2 is 1.66 bits per heavy atom. The van der Waals surface area contributed by atoms with Gasteiger partial charge in [-0.2, -0.15) is 0 Å². The van der Waals surface area contributed by atoms with Crippen LogP contribution in [0, 0.1) is 25.6 Å². The van der Waals surface area contributed by atoms with E-state index in [1.807, 2.05) is 12.1 Å². The van der Waals surface area contributed by atoms with Crippen molar-refractivity contribution >= 4 is 11.3 Å². The van der Waals surface area contributed by atoms with Crippen LogP contribution in [0.4, 0.5) is 4.39 Å². The molecule has 32 heavy (non-hydrogen) atoms. The topological polar surface area (TPSA) is 3.24 Å². The van der Waals surface area contributed by atoms with Gasteiger partial charge in [-0.3, -0.25) is 0 Å². The van der Waals surface area contributed by atoms with Gasteiger partial charge in [-0.05, 0) is 97.6 Å². The van der Waals surface area contributed by atoms with E-state index in [-0.39, 0.29) is 5.82 Å². The molecule has 1 nitrogen and oxygen atoms in total. The number of rotatable bonds is 11. The molecule has 0 aromatic heterocycles. The lowest BCUT2D eigenvalue weighted by Crippen LogP contribution is -2.21. The van der Waals surface area contributed by atoms with Gasteiger partial charge in [0.25, 0.3) is 0 Å². The van der Waals surface area contributed by atoms with Crippen LogP contribution >= 0.6 is 0 Å². The van der Waals surface area contributed by atoms with Gasteiger partial charge in [-0.1, -0.05) is 57.7 Å². The molecular weight excluding hydrogens is 393 g/mol. The van der Waals surface area contributed by atoms with Crippen molar-refractivity contribution in [2.45, 2.75) is 60.3 Å². The maximum Gasteiger partial charge on any atom is 0.123 e. The first kappa shape index (κ1) is 25.6. The van der Waals surface area contributed by atoms with Gasteiger partial charge < -0.3 is 4.90 Å². The van der Waals surface area contributed by atoms with E-state index in [1.54, 1.807) is 12.1 Å². The Morgan fingerprint density at radius 1 is 1.03 bits per heavy atom. The molecule has 0 aliphatic rings. The van der Waals surface area contributed by atoms with Crippen LogP contribution in [0.25, 0.3) is 11.3 Å².